The van der Waals surface area contributed by atoms with Gasteiger partial charge in [-0.2, -0.15) is 0 Å². The van der Waals surface area contributed by atoms with Gasteiger partial charge in [0.15, 0.2) is 5.78 Å². The molecule has 17 heavy (non-hydrogen) atoms. The molecule has 0 N–H and O–H groups in total. The Morgan fingerprint density at radius 2 is 2.00 bits per heavy atom. The second-order valence-electron chi connectivity index (χ2n) is 5.04. The molecule has 0 saturated carbocycles. The highest BCUT2D eigenvalue weighted by Gasteiger charge is 2.32. The number of ketones is 1. The minimum Gasteiger partial charge on any atom is -0.356 e. The van der Waals surface area contributed by atoms with E-state index in [9.17, 15) is 4.79 Å². The van der Waals surface area contributed by atoms with Crippen LogP contribution in [0, 0.1) is 0 Å². The number of carbonyl (C=O) groups excluding carboxylic acids is 1. The quantitative estimate of drug-likeness (QED) is 0.743. The Morgan fingerprint density at radius 3 is 2.76 bits per heavy atom. The van der Waals surface area contributed by atoms with Gasteiger partial charge in [0, 0.05) is 25.1 Å². The molecule has 0 radical (unpaired) electrons. The highest BCUT2D eigenvalue weighted by molar-refractivity contribution is 6.00. The van der Waals surface area contributed by atoms with Crippen LogP contribution in [0.15, 0.2) is 6.33 Å². The maximum Gasteiger partial charge on any atom is 0.182 e. The van der Waals surface area contributed by atoms with Crippen LogP contribution in [0.1, 0.15) is 54.6 Å². The first kappa shape index (κ1) is 10.7. The van der Waals surface area contributed by atoms with Crippen LogP contribution < -0.4 is 4.90 Å². The molecule has 0 amide bonds. The summed E-state index contributed by atoms with van der Waals surface area (Å²) in [5.74, 6) is 1.46. The second-order valence-corrected chi connectivity index (χ2v) is 5.04. The average Bonchev–Trinajstić information content (AvgIpc) is 2.66. The molecule has 1 fully saturated rings. The number of hydrogen-bond donors (Lipinski definition) is 0. The van der Waals surface area contributed by atoms with E-state index in [1.807, 2.05) is 0 Å². The van der Waals surface area contributed by atoms with Crippen LogP contribution in [0.25, 0.3) is 0 Å². The first-order chi connectivity index (χ1) is 8.27. The van der Waals surface area contributed by atoms with E-state index in [4.69, 9.17) is 0 Å². The molecule has 2 aliphatic rings. The SMILES string of the molecule is C[C@@H]1CC(=O)c2ncnc(N3CCCCC3)c21. The van der Waals surface area contributed by atoms with Crippen LogP contribution in [0.5, 0.6) is 0 Å². The number of anilines is 1. The van der Waals surface area contributed by atoms with Gasteiger partial charge in [0.1, 0.15) is 17.8 Å². The Labute approximate surface area is 101 Å². The van der Waals surface area contributed by atoms with Crippen LogP contribution in [-0.4, -0.2) is 28.8 Å². The fourth-order valence-corrected chi connectivity index (χ4v) is 2.90. The summed E-state index contributed by atoms with van der Waals surface area (Å²) in [5.41, 5.74) is 1.74. The minimum absolute atomic E-state index is 0.174. The summed E-state index contributed by atoms with van der Waals surface area (Å²) in [4.78, 5) is 22.7. The zero-order chi connectivity index (χ0) is 11.8. The van der Waals surface area contributed by atoms with Crippen LogP contribution in [0.2, 0.25) is 0 Å². The summed E-state index contributed by atoms with van der Waals surface area (Å²) in [6.45, 7) is 4.22. The number of nitrogens with zero attached hydrogens (tertiary/aromatic N) is 3. The third-order valence-electron chi connectivity index (χ3n) is 3.77. The van der Waals surface area contributed by atoms with E-state index >= 15 is 0 Å². The Balaban J connectivity index is 2.03. The van der Waals surface area contributed by atoms with Gasteiger partial charge in [-0.1, -0.05) is 6.92 Å². The van der Waals surface area contributed by atoms with Gasteiger partial charge < -0.3 is 4.90 Å². The molecule has 90 valence electrons. The van der Waals surface area contributed by atoms with Crippen molar-refractivity contribution in [2.24, 2.45) is 0 Å². The topological polar surface area (TPSA) is 46.1 Å². The Morgan fingerprint density at radius 1 is 1.24 bits per heavy atom. The van der Waals surface area contributed by atoms with Crippen LogP contribution >= 0.6 is 0 Å². The molecular weight excluding hydrogens is 214 g/mol. The third kappa shape index (κ3) is 1.72. The van der Waals surface area contributed by atoms with Crippen molar-refractivity contribution in [3.63, 3.8) is 0 Å². The van der Waals surface area contributed by atoms with Crippen LogP contribution in [0.3, 0.4) is 0 Å². The monoisotopic (exact) mass is 231 g/mol. The Kier molecular flexibility index (Phi) is 2.57. The molecule has 1 aliphatic heterocycles. The van der Waals surface area contributed by atoms with E-state index in [1.54, 1.807) is 6.33 Å². The Hall–Kier alpha value is -1.45. The third-order valence-corrected chi connectivity index (χ3v) is 3.77. The van der Waals surface area contributed by atoms with E-state index in [2.05, 4.69) is 21.8 Å². The fourth-order valence-electron chi connectivity index (χ4n) is 2.90. The van der Waals surface area contributed by atoms with Gasteiger partial charge >= 0.3 is 0 Å². The molecule has 0 unspecified atom stereocenters. The smallest absolute Gasteiger partial charge is 0.182 e. The number of carbonyl (C=O) groups is 1. The van der Waals surface area contributed by atoms with Crippen molar-refractivity contribution < 1.29 is 4.79 Å². The lowest BCUT2D eigenvalue weighted by Gasteiger charge is -2.29. The molecule has 0 aromatic carbocycles. The molecule has 1 atom stereocenters. The number of Topliss-reactive ketones (excluding diaryl/α,β-unsaturated/α-hetero) is 1. The van der Waals surface area contributed by atoms with Crippen molar-refractivity contribution in [1.29, 1.82) is 0 Å². The first-order valence-electron chi connectivity index (χ1n) is 6.40. The van der Waals surface area contributed by atoms with Crippen molar-refractivity contribution in [3.05, 3.63) is 17.6 Å². The number of hydrogen-bond acceptors (Lipinski definition) is 4. The number of rotatable bonds is 1. The lowest BCUT2D eigenvalue weighted by atomic mass is 10.0. The van der Waals surface area contributed by atoms with E-state index in [0.717, 1.165) is 24.5 Å². The molecule has 1 aromatic heterocycles. The lowest BCUT2D eigenvalue weighted by molar-refractivity contribution is 0.0986. The van der Waals surface area contributed by atoms with Gasteiger partial charge in [-0.25, -0.2) is 9.97 Å². The van der Waals surface area contributed by atoms with Gasteiger partial charge in [0.25, 0.3) is 0 Å². The fraction of sp³-hybridized carbons (Fsp3) is 0.615. The van der Waals surface area contributed by atoms with Gasteiger partial charge in [-0.15, -0.1) is 0 Å². The number of fused-ring (bicyclic) bond motifs is 1. The van der Waals surface area contributed by atoms with Gasteiger partial charge in [-0.3, -0.25) is 4.79 Å². The Bertz CT molecular complexity index is 452. The zero-order valence-corrected chi connectivity index (χ0v) is 10.1. The van der Waals surface area contributed by atoms with Crippen molar-refractivity contribution >= 4 is 11.6 Å². The van der Waals surface area contributed by atoms with E-state index < -0.39 is 0 Å². The zero-order valence-electron chi connectivity index (χ0n) is 10.1. The highest BCUT2D eigenvalue weighted by atomic mass is 16.1. The van der Waals surface area contributed by atoms with Gasteiger partial charge in [0.05, 0.1) is 0 Å². The van der Waals surface area contributed by atoms with E-state index in [-0.39, 0.29) is 11.7 Å². The van der Waals surface area contributed by atoms with Gasteiger partial charge in [0.2, 0.25) is 0 Å². The summed E-state index contributed by atoms with van der Waals surface area (Å²) >= 11 is 0. The maximum atomic E-state index is 11.8. The normalized spacial score (nSPS) is 23.9. The van der Waals surface area contributed by atoms with E-state index in [1.165, 1.54) is 19.3 Å². The molecule has 0 bridgehead atoms. The summed E-state index contributed by atoms with van der Waals surface area (Å²) in [7, 11) is 0. The first-order valence-corrected chi connectivity index (χ1v) is 6.40. The molecule has 4 heteroatoms. The second kappa shape index (κ2) is 4.09. The number of piperidine rings is 1. The van der Waals surface area contributed by atoms with Crippen molar-refractivity contribution in [2.75, 3.05) is 18.0 Å². The van der Waals surface area contributed by atoms with Crippen LogP contribution in [-0.2, 0) is 0 Å². The molecule has 4 nitrogen and oxygen atoms in total. The summed E-state index contributed by atoms with van der Waals surface area (Å²) in [5, 5.41) is 0. The molecule has 1 aromatic rings. The summed E-state index contributed by atoms with van der Waals surface area (Å²) in [6, 6.07) is 0. The van der Waals surface area contributed by atoms with Crippen molar-refractivity contribution in [2.45, 2.75) is 38.5 Å². The molecular formula is C13H17N3O. The maximum absolute atomic E-state index is 11.8. The lowest BCUT2D eigenvalue weighted by Crippen LogP contribution is -2.31. The van der Waals surface area contributed by atoms with Gasteiger partial charge in [-0.05, 0) is 25.2 Å². The molecule has 1 saturated heterocycles. The summed E-state index contributed by atoms with van der Waals surface area (Å²) in [6.07, 6.45) is 5.88. The standard InChI is InChI=1S/C13H17N3O/c1-9-7-10(17)12-11(9)13(15-8-14-12)16-5-3-2-4-6-16/h8-9H,2-7H2,1H3/t9-/m1/s1. The predicted molar refractivity (Wildman–Crippen MR) is 65.5 cm³/mol. The predicted octanol–water partition coefficient (Wildman–Crippen LogP) is 2.16. The molecule has 0 spiro atoms. The minimum atomic E-state index is 0.174. The largest absolute Gasteiger partial charge is 0.356 e. The van der Waals surface area contributed by atoms with Crippen molar-refractivity contribution in [1.82, 2.24) is 9.97 Å². The molecule has 3 rings (SSSR count). The summed E-state index contributed by atoms with van der Waals surface area (Å²) < 4.78 is 0. The van der Waals surface area contributed by atoms with E-state index in [0.29, 0.717) is 12.1 Å². The molecule has 1 aliphatic carbocycles. The van der Waals surface area contributed by atoms with Crippen molar-refractivity contribution in [3.8, 4) is 0 Å². The highest BCUT2D eigenvalue weighted by Crippen LogP contribution is 2.37. The number of aromatic nitrogens is 2. The van der Waals surface area contributed by atoms with Crippen LogP contribution in [0.4, 0.5) is 5.82 Å². The molecule has 2 heterocycles. The average molecular weight is 231 g/mol.